The summed E-state index contributed by atoms with van der Waals surface area (Å²) in [5, 5.41) is 7.28. The summed E-state index contributed by atoms with van der Waals surface area (Å²) in [7, 11) is 3.24. The van der Waals surface area contributed by atoms with Gasteiger partial charge in [-0.2, -0.15) is 0 Å². The van der Waals surface area contributed by atoms with E-state index in [2.05, 4.69) is 22.3 Å². The van der Waals surface area contributed by atoms with E-state index in [0.717, 1.165) is 37.7 Å². The SMILES string of the molecule is CCCCC[C@H]1C[C@H](NCC(OC)OC)C[C@@H]2[C@H]1C(=O)c1cc(CN=[N+]=[N-])ccc1N2C(=O)c1ccccc1. The second-order valence-electron chi connectivity index (χ2n) is 10.5. The monoisotopic (exact) mass is 533 g/mol. The van der Waals surface area contributed by atoms with E-state index in [1.165, 1.54) is 0 Å². The number of anilines is 1. The molecule has 39 heavy (non-hydrogen) atoms. The molecule has 1 aliphatic carbocycles. The molecule has 9 nitrogen and oxygen atoms in total. The number of hydrogen-bond acceptors (Lipinski definition) is 6. The van der Waals surface area contributed by atoms with E-state index in [-0.39, 0.29) is 48.4 Å². The Morgan fingerprint density at radius 1 is 1.15 bits per heavy atom. The molecule has 0 spiro atoms. The number of unbranched alkanes of at least 4 members (excludes halogenated alkanes) is 2. The number of nitrogens with zero attached hydrogens (tertiary/aromatic N) is 4. The van der Waals surface area contributed by atoms with Gasteiger partial charge in [-0.1, -0.05) is 55.6 Å². The summed E-state index contributed by atoms with van der Waals surface area (Å²) in [5.41, 5.74) is 11.3. The second kappa shape index (κ2) is 13.7. The lowest BCUT2D eigenvalue weighted by Crippen LogP contribution is -2.59. The zero-order valence-electron chi connectivity index (χ0n) is 23.1. The number of amides is 1. The van der Waals surface area contributed by atoms with E-state index in [0.29, 0.717) is 29.8 Å². The molecule has 1 heterocycles. The molecule has 0 aromatic heterocycles. The van der Waals surface area contributed by atoms with Crippen molar-refractivity contribution >= 4 is 17.4 Å². The van der Waals surface area contributed by atoms with Gasteiger partial charge in [-0.05, 0) is 60.5 Å². The summed E-state index contributed by atoms with van der Waals surface area (Å²) in [6, 6.07) is 14.6. The minimum Gasteiger partial charge on any atom is -0.355 e. The number of ketones is 1. The maximum atomic E-state index is 14.2. The number of hydrogen-bond donors (Lipinski definition) is 1. The fourth-order valence-corrected chi connectivity index (χ4v) is 6.20. The fourth-order valence-electron chi connectivity index (χ4n) is 6.20. The molecule has 4 atom stereocenters. The van der Waals surface area contributed by atoms with Crippen molar-refractivity contribution < 1.29 is 19.1 Å². The lowest BCUT2D eigenvalue weighted by molar-refractivity contribution is -0.101. The molecule has 2 aromatic carbocycles. The van der Waals surface area contributed by atoms with Gasteiger partial charge >= 0.3 is 0 Å². The number of azide groups is 1. The van der Waals surface area contributed by atoms with E-state index >= 15 is 0 Å². The van der Waals surface area contributed by atoms with Crippen molar-refractivity contribution in [2.24, 2.45) is 17.0 Å². The third kappa shape index (κ3) is 6.50. The van der Waals surface area contributed by atoms with Gasteiger partial charge < -0.3 is 19.7 Å². The summed E-state index contributed by atoms with van der Waals surface area (Å²) in [4.78, 5) is 33.0. The van der Waals surface area contributed by atoms with Crippen LogP contribution in [0.15, 0.2) is 53.6 Å². The molecular weight excluding hydrogens is 494 g/mol. The number of carbonyl (C=O) groups is 2. The predicted octanol–water partition coefficient (Wildman–Crippen LogP) is 5.89. The van der Waals surface area contributed by atoms with Crippen LogP contribution in [0.3, 0.4) is 0 Å². The highest BCUT2D eigenvalue weighted by Gasteiger charge is 2.50. The Balaban J connectivity index is 1.76. The van der Waals surface area contributed by atoms with Crippen molar-refractivity contribution in [1.29, 1.82) is 0 Å². The van der Waals surface area contributed by atoms with Crippen molar-refractivity contribution in [3.63, 3.8) is 0 Å². The molecule has 0 bridgehead atoms. The molecule has 0 saturated heterocycles. The van der Waals surface area contributed by atoms with E-state index in [4.69, 9.17) is 15.0 Å². The Bertz CT molecular complexity index is 1180. The molecule has 1 N–H and O–H groups in total. The summed E-state index contributed by atoms with van der Waals surface area (Å²) in [6.45, 7) is 2.86. The van der Waals surface area contributed by atoms with Crippen LogP contribution in [0.5, 0.6) is 0 Å². The lowest BCUT2D eigenvalue weighted by atomic mass is 9.66. The first-order valence-electron chi connectivity index (χ1n) is 13.9. The molecule has 1 aliphatic heterocycles. The number of fused-ring (bicyclic) bond motifs is 2. The Hall–Kier alpha value is -3.23. The van der Waals surface area contributed by atoms with Crippen LogP contribution in [0.4, 0.5) is 5.69 Å². The van der Waals surface area contributed by atoms with E-state index < -0.39 is 0 Å². The van der Waals surface area contributed by atoms with Gasteiger partial charge in [0.15, 0.2) is 12.1 Å². The standard InChI is InChI=1S/C30H39N5O4/c1-4-5-7-12-22-16-23(32-19-27(38-2)39-3)17-26-28(22)29(36)24-15-20(18-33-34-31)13-14-25(24)35(26)30(37)21-10-8-6-9-11-21/h6,8-11,13-15,22-23,26-28,32H,4-5,7,12,16-19H2,1-3H3/t22-,23-,26+,28-/m0/s1. The Morgan fingerprint density at radius 2 is 1.92 bits per heavy atom. The average Bonchev–Trinajstić information content (AvgIpc) is 2.97. The summed E-state index contributed by atoms with van der Waals surface area (Å²) >= 11 is 0. The predicted molar refractivity (Wildman–Crippen MR) is 151 cm³/mol. The number of nitrogens with one attached hydrogen (secondary N) is 1. The van der Waals surface area contributed by atoms with Crippen LogP contribution >= 0.6 is 0 Å². The molecule has 208 valence electrons. The number of ether oxygens (including phenoxy) is 2. The molecule has 2 aliphatic rings. The van der Waals surface area contributed by atoms with Crippen molar-refractivity contribution in [1.82, 2.24) is 5.32 Å². The normalized spacial score (nSPS) is 22.3. The van der Waals surface area contributed by atoms with Crippen LogP contribution in [0.2, 0.25) is 0 Å². The summed E-state index contributed by atoms with van der Waals surface area (Å²) in [5.74, 6) is -0.192. The third-order valence-corrected chi connectivity index (χ3v) is 8.09. The maximum Gasteiger partial charge on any atom is 0.258 e. The van der Waals surface area contributed by atoms with Crippen molar-refractivity contribution in [2.45, 2.75) is 70.4 Å². The van der Waals surface area contributed by atoms with E-state index in [1.807, 2.05) is 53.4 Å². The number of benzene rings is 2. The summed E-state index contributed by atoms with van der Waals surface area (Å²) in [6.07, 6.45) is 5.31. The molecule has 4 rings (SSSR count). The van der Waals surface area contributed by atoms with Crippen LogP contribution in [0.1, 0.15) is 71.7 Å². The van der Waals surface area contributed by atoms with Gasteiger partial charge in [0.05, 0.1) is 12.2 Å². The Morgan fingerprint density at radius 3 is 2.62 bits per heavy atom. The zero-order valence-corrected chi connectivity index (χ0v) is 23.1. The molecular formula is C30H39N5O4. The lowest BCUT2D eigenvalue weighted by Gasteiger charge is -2.49. The van der Waals surface area contributed by atoms with Gasteiger partial charge in [-0.15, -0.1) is 0 Å². The highest BCUT2D eigenvalue weighted by Crippen LogP contribution is 2.46. The van der Waals surface area contributed by atoms with Crippen molar-refractivity contribution in [3.8, 4) is 0 Å². The highest BCUT2D eigenvalue weighted by molar-refractivity contribution is 6.15. The van der Waals surface area contributed by atoms with Crippen LogP contribution in [-0.4, -0.2) is 50.8 Å². The van der Waals surface area contributed by atoms with Crippen LogP contribution < -0.4 is 10.2 Å². The van der Waals surface area contributed by atoms with Gasteiger partial charge in [-0.25, -0.2) is 0 Å². The molecule has 1 amide bonds. The number of carbonyl (C=O) groups excluding carboxylic acids is 2. The average molecular weight is 534 g/mol. The number of Topliss-reactive ketones (excluding diaryl/α,β-unsaturated/α-hetero) is 1. The van der Waals surface area contributed by atoms with Gasteiger partial charge in [0.25, 0.3) is 5.91 Å². The molecule has 2 aromatic rings. The zero-order chi connectivity index (χ0) is 27.8. The fraction of sp³-hybridized carbons (Fsp3) is 0.533. The smallest absolute Gasteiger partial charge is 0.258 e. The van der Waals surface area contributed by atoms with E-state index in [9.17, 15) is 9.59 Å². The van der Waals surface area contributed by atoms with Crippen molar-refractivity contribution in [3.05, 3.63) is 75.7 Å². The Labute approximate surface area is 230 Å². The number of rotatable bonds is 12. The molecule has 1 saturated carbocycles. The van der Waals surface area contributed by atoms with Crippen molar-refractivity contribution in [2.75, 3.05) is 25.7 Å². The molecule has 1 fully saturated rings. The maximum absolute atomic E-state index is 14.2. The Kier molecular flexibility index (Phi) is 10.1. The minimum absolute atomic E-state index is 0.0847. The van der Waals surface area contributed by atoms with Crippen LogP contribution in [0, 0.1) is 11.8 Å². The molecule has 0 unspecified atom stereocenters. The third-order valence-electron chi connectivity index (χ3n) is 8.09. The topological polar surface area (TPSA) is 117 Å². The minimum atomic E-state index is -0.369. The highest BCUT2D eigenvalue weighted by atomic mass is 16.7. The first-order valence-corrected chi connectivity index (χ1v) is 13.9. The van der Waals surface area contributed by atoms with Crippen LogP contribution in [0.25, 0.3) is 10.4 Å². The van der Waals surface area contributed by atoms with Gasteiger partial charge in [-0.3, -0.25) is 9.59 Å². The molecule has 0 radical (unpaired) electrons. The first-order chi connectivity index (χ1) is 19.0. The van der Waals surface area contributed by atoms with E-state index in [1.54, 1.807) is 14.2 Å². The number of methoxy groups -OCH3 is 2. The van der Waals surface area contributed by atoms with Gasteiger partial charge in [0, 0.05) is 54.8 Å². The first kappa shape index (κ1) is 28.8. The molecule has 9 heteroatoms. The van der Waals surface area contributed by atoms with Crippen LogP contribution in [-0.2, 0) is 16.0 Å². The summed E-state index contributed by atoms with van der Waals surface area (Å²) < 4.78 is 10.8. The van der Waals surface area contributed by atoms with Gasteiger partial charge in [0.1, 0.15) is 0 Å². The quantitative estimate of drug-likeness (QED) is 0.120. The van der Waals surface area contributed by atoms with Gasteiger partial charge in [0.2, 0.25) is 0 Å². The second-order valence-corrected chi connectivity index (χ2v) is 10.5. The largest absolute Gasteiger partial charge is 0.355 e.